The average Bonchev–Trinajstić information content (AvgIpc) is 3.04. The van der Waals surface area contributed by atoms with Crippen LogP contribution in [0.1, 0.15) is 29.8 Å². The van der Waals surface area contributed by atoms with Gasteiger partial charge < -0.3 is 10.1 Å². The number of ether oxygens (including phenoxy) is 1. The van der Waals surface area contributed by atoms with Gasteiger partial charge in [0.25, 0.3) is 0 Å². The van der Waals surface area contributed by atoms with Gasteiger partial charge in [0.1, 0.15) is 5.75 Å². The third-order valence-electron chi connectivity index (χ3n) is 3.18. The first kappa shape index (κ1) is 15.3. The van der Waals surface area contributed by atoms with Crippen molar-refractivity contribution >= 4 is 23.3 Å². The van der Waals surface area contributed by atoms with E-state index in [0.29, 0.717) is 0 Å². The van der Waals surface area contributed by atoms with Crippen LogP contribution in [0.2, 0.25) is 0 Å². The summed E-state index contributed by atoms with van der Waals surface area (Å²) in [6, 6.07) is 11.7. The Hall–Kier alpha value is -2.07. The molecule has 3 nitrogen and oxygen atoms in total. The highest BCUT2D eigenvalue weighted by Gasteiger charge is 2.15. The molecular formula is C17H19NO2S. The third kappa shape index (κ3) is 4.20. The molecule has 1 N–H and O–H groups in total. The maximum absolute atomic E-state index is 12.0. The molecule has 0 aliphatic heterocycles. The highest BCUT2D eigenvalue weighted by atomic mass is 32.1. The molecule has 2 aromatic rings. The fourth-order valence-corrected chi connectivity index (χ4v) is 2.74. The van der Waals surface area contributed by atoms with Crippen molar-refractivity contribution in [2.45, 2.75) is 19.4 Å². The molecule has 0 saturated heterocycles. The average molecular weight is 301 g/mol. The number of rotatable bonds is 6. The van der Waals surface area contributed by atoms with E-state index in [-0.39, 0.29) is 11.9 Å². The summed E-state index contributed by atoms with van der Waals surface area (Å²) < 4.78 is 5.36. The van der Waals surface area contributed by atoms with Crippen LogP contribution in [-0.2, 0) is 4.79 Å². The van der Waals surface area contributed by atoms with Crippen LogP contribution < -0.4 is 10.1 Å². The minimum Gasteiger partial charge on any atom is -0.496 e. The van der Waals surface area contributed by atoms with E-state index >= 15 is 0 Å². The molecule has 0 bridgehead atoms. The highest BCUT2D eigenvalue weighted by molar-refractivity contribution is 7.10. The van der Waals surface area contributed by atoms with Gasteiger partial charge in [-0.25, -0.2) is 0 Å². The Labute approximate surface area is 129 Å². The number of carbonyl (C=O) groups excluding carboxylic acids is 1. The molecule has 2 rings (SSSR count). The molecule has 0 fully saturated rings. The Kier molecular flexibility index (Phi) is 5.58. The number of para-hydroxylation sites is 1. The first-order valence-electron chi connectivity index (χ1n) is 6.89. The molecule has 0 saturated carbocycles. The van der Waals surface area contributed by atoms with Gasteiger partial charge in [-0.15, -0.1) is 11.3 Å². The van der Waals surface area contributed by atoms with Gasteiger partial charge in [0, 0.05) is 16.5 Å². The molecule has 0 radical (unpaired) electrons. The van der Waals surface area contributed by atoms with E-state index in [4.69, 9.17) is 4.74 Å². The van der Waals surface area contributed by atoms with Gasteiger partial charge in [-0.05, 0) is 30.0 Å². The molecule has 1 aromatic carbocycles. The molecule has 1 unspecified atom stereocenters. The number of hydrogen-bond acceptors (Lipinski definition) is 3. The van der Waals surface area contributed by atoms with Crippen LogP contribution in [0.4, 0.5) is 0 Å². The summed E-state index contributed by atoms with van der Waals surface area (Å²) in [6.07, 6.45) is 4.21. The summed E-state index contributed by atoms with van der Waals surface area (Å²) in [7, 11) is 1.64. The van der Waals surface area contributed by atoms with Gasteiger partial charge in [-0.2, -0.15) is 0 Å². The van der Waals surface area contributed by atoms with Crippen molar-refractivity contribution in [3.05, 3.63) is 58.3 Å². The predicted octanol–water partition coefficient (Wildman–Crippen LogP) is 4.04. The quantitative estimate of drug-likeness (QED) is 0.818. The molecule has 0 spiro atoms. The van der Waals surface area contributed by atoms with Crippen molar-refractivity contribution in [3.8, 4) is 5.75 Å². The van der Waals surface area contributed by atoms with Crippen LogP contribution in [0.3, 0.4) is 0 Å². The third-order valence-corrected chi connectivity index (χ3v) is 4.02. The number of hydrogen-bond donors (Lipinski definition) is 1. The maximum atomic E-state index is 12.0. The second-order valence-corrected chi connectivity index (χ2v) is 5.54. The zero-order valence-electron chi connectivity index (χ0n) is 12.2. The fraction of sp³-hybridized carbons (Fsp3) is 0.235. The topological polar surface area (TPSA) is 38.3 Å². The summed E-state index contributed by atoms with van der Waals surface area (Å²) in [5.41, 5.74) is 1.00. The van der Waals surface area contributed by atoms with Crippen LogP contribution in [0.15, 0.2) is 47.9 Å². The number of amides is 1. The number of carbonyl (C=O) groups is 1. The molecule has 0 aliphatic rings. The van der Waals surface area contributed by atoms with Gasteiger partial charge in [0.05, 0.1) is 13.2 Å². The van der Waals surface area contributed by atoms with Crippen LogP contribution in [-0.4, -0.2) is 13.0 Å². The molecular weight excluding hydrogens is 282 g/mol. The lowest BCUT2D eigenvalue weighted by molar-refractivity contribution is -0.117. The van der Waals surface area contributed by atoms with Gasteiger partial charge in [-0.1, -0.05) is 31.2 Å². The van der Waals surface area contributed by atoms with E-state index < -0.39 is 0 Å². The van der Waals surface area contributed by atoms with Crippen molar-refractivity contribution in [1.82, 2.24) is 5.32 Å². The Bertz CT molecular complexity index is 605. The van der Waals surface area contributed by atoms with E-state index in [1.54, 1.807) is 24.5 Å². The van der Waals surface area contributed by atoms with Crippen molar-refractivity contribution in [1.29, 1.82) is 0 Å². The van der Waals surface area contributed by atoms with Gasteiger partial charge in [0.2, 0.25) is 5.91 Å². The highest BCUT2D eigenvalue weighted by Crippen LogP contribution is 2.26. The second kappa shape index (κ2) is 7.64. The molecule has 1 amide bonds. The van der Waals surface area contributed by atoms with Gasteiger partial charge in [0.15, 0.2) is 0 Å². The van der Waals surface area contributed by atoms with Crippen molar-refractivity contribution in [2.24, 2.45) is 0 Å². The first-order chi connectivity index (χ1) is 10.2. The summed E-state index contributed by atoms with van der Waals surface area (Å²) in [4.78, 5) is 13.1. The fourth-order valence-electron chi connectivity index (χ4n) is 2.12. The minimum atomic E-state index is -0.0962. The monoisotopic (exact) mass is 301 g/mol. The Morgan fingerprint density at radius 3 is 2.81 bits per heavy atom. The standard InChI is InChI=1S/C17H19NO2S/c1-3-15(14-8-4-5-9-16(14)20-2)18-17(19)11-10-13-7-6-12-21-13/h4-12,15H,3H2,1-2H3,(H,18,19)/b11-10+. The SMILES string of the molecule is CCC(NC(=O)/C=C/c1cccs1)c1ccccc1OC. The van der Waals surface area contributed by atoms with Gasteiger partial charge >= 0.3 is 0 Å². The lowest BCUT2D eigenvalue weighted by Crippen LogP contribution is -2.26. The molecule has 21 heavy (non-hydrogen) atoms. The van der Waals surface area contributed by atoms with Gasteiger partial charge in [-0.3, -0.25) is 4.79 Å². The van der Waals surface area contributed by atoms with E-state index in [0.717, 1.165) is 22.6 Å². The summed E-state index contributed by atoms with van der Waals surface area (Å²) >= 11 is 1.61. The van der Waals surface area contributed by atoms with E-state index in [1.807, 2.05) is 54.8 Å². The molecule has 1 aromatic heterocycles. The molecule has 4 heteroatoms. The number of methoxy groups -OCH3 is 1. The number of nitrogens with one attached hydrogen (secondary N) is 1. The lowest BCUT2D eigenvalue weighted by atomic mass is 10.0. The Morgan fingerprint density at radius 2 is 2.14 bits per heavy atom. The molecule has 0 aliphatic carbocycles. The normalized spacial score (nSPS) is 12.3. The lowest BCUT2D eigenvalue weighted by Gasteiger charge is -2.19. The van der Waals surface area contributed by atoms with E-state index in [9.17, 15) is 4.79 Å². The van der Waals surface area contributed by atoms with Crippen molar-refractivity contribution in [3.63, 3.8) is 0 Å². The van der Waals surface area contributed by atoms with Crippen LogP contribution >= 0.6 is 11.3 Å². The zero-order valence-corrected chi connectivity index (χ0v) is 13.0. The Morgan fingerprint density at radius 1 is 1.33 bits per heavy atom. The first-order valence-corrected chi connectivity index (χ1v) is 7.77. The van der Waals surface area contributed by atoms with Crippen LogP contribution in [0.5, 0.6) is 5.75 Å². The zero-order chi connectivity index (χ0) is 15.1. The minimum absolute atomic E-state index is 0.0540. The second-order valence-electron chi connectivity index (χ2n) is 4.56. The summed E-state index contributed by atoms with van der Waals surface area (Å²) in [6.45, 7) is 2.04. The van der Waals surface area contributed by atoms with E-state index in [1.165, 1.54) is 0 Å². The van der Waals surface area contributed by atoms with Crippen molar-refractivity contribution < 1.29 is 9.53 Å². The Balaban J connectivity index is 2.06. The smallest absolute Gasteiger partial charge is 0.244 e. The van der Waals surface area contributed by atoms with Crippen LogP contribution in [0, 0.1) is 0 Å². The predicted molar refractivity (Wildman–Crippen MR) is 87.5 cm³/mol. The number of thiophene rings is 1. The van der Waals surface area contributed by atoms with Crippen molar-refractivity contribution in [2.75, 3.05) is 7.11 Å². The summed E-state index contributed by atoms with van der Waals surface area (Å²) in [5, 5.41) is 5.01. The molecule has 1 heterocycles. The maximum Gasteiger partial charge on any atom is 0.244 e. The van der Waals surface area contributed by atoms with E-state index in [2.05, 4.69) is 5.32 Å². The molecule has 1 atom stereocenters. The number of benzene rings is 1. The molecule has 110 valence electrons. The van der Waals surface area contributed by atoms with Crippen LogP contribution in [0.25, 0.3) is 6.08 Å². The summed E-state index contributed by atoms with van der Waals surface area (Å²) in [5.74, 6) is 0.702. The largest absolute Gasteiger partial charge is 0.496 e.